The van der Waals surface area contributed by atoms with Gasteiger partial charge in [0.25, 0.3) is 0 Å². The molecule has 1 heterocycles. The van der Waals surface area contributed by atoms with Gasteiger partial charge in [-0.25, -0.2) is 0 Å². The number of pyridine rings is 1. The maximum Gasteiger partial charge on any atom is 0.236 e. The second kappa shape index (κ2) is 6.96. The summed E-state index contributed by atoms with van der Waals surface area (Å²) < 4.78 is 0. The maximum absolute atomic E-state index is 11.7. The van der Waals surface area contributed by atoms with E-state index in [1.165, 1.54) is 6.20 Å². The normalized spacial score (nSPS) is 12.4. The van der Waals surface area contributed by atoms with E-state index in [-0.39, 0.29) is 17.7 Å². The number of aromatic nitrogens is 1. The quantitative estimate of drug-likeness (QED) is 0.706. The van der Waals surface area contributed by atoms with Gasteiger partial charge >= 0.3 is 0 Å². The predicted molar refractivity (Wildman–Crippen MR) is 70.1 cm³/mol. The van der Waals surface area contributed by atoms with Gasteiger partial charge in [-0.05, 0) is 24.5 Å². The van der Waals surface area contributed by atoms with Crippen LogP contribution >= 0.6 is 0 Å². The molecule has 0 aliphatic heterocycles. The van der Waals surface area contributed by atoms with Gasteiger partial charge in [0.15, 0.2) is 0 Å². The summed E-state index contributed by atoms with van der Waals surface area (Å²) in [7, 11) is 1.64. The van der Waals surface area contributed by atoms with E-state index in [1.54, 1.807) is 19.2 Å². The summed E-state index contributed by atoms with van der Waals surface area (Å²) in [6.07, 6.45) is 2.17. The van der Waals surface area contributed by atoms with E-state index in [1.807, 2.05) is 0 Å². The van der Waals surface area contributed by atoms with Crippen LogP contribution in [0.25, 0.3) is 0 Å². The number of rotatable bonds is 6. The first-order valence-electron chi connectivity index (χ1n) is 6.11. The zero-order valence-corrected chi connectivity index (χ0v) is 11.1. The van der Waals surface area contributed by atoms with Gasteiger partial charge in [0.1, 0.15) is 5.75 Å². The molecule has 1 atom stereocenters. The van der Waals surface area contributed by atoms with Crippen LogP contribution in [0.15, 0.2) is 18.3 Å². The minimum absolute atomic E-state index is 0.0116. The Morgan fingerprint density at radius 3 is 2.67 bits per heavy atom. The van der Waals surface area contributed by atoms with Crippen molar-refractivity contribution < 1.29 is 9.90 Å². The number of nitrogens with one attached hydrogen (secondary N) is 2. The molecular weight excluding hydrogens is 230 g/mol. The minimum atomic E-state index is -0.217. The SMILES string of the molecule is CNC(=O)C(CC(C)C)NCc1ccc(O)cn1. The molecule has 5 heteroatoms. The average molecular weight is 251 g/mol. The summed E-state index contributed by atoms with van der Waals surface area (Å²) in [6.45, 7) is 4.66. The van der Waals surface area contributed by atoms with Crippen molar-refractivity contribution in [2.24, 2.45) is 5.92 Å². The Hall–Kier alpha value is -1.62. The standard InChI is InChI=1S/C13H21N3O2/c1-9(2)6-12(13(18)14-3)16-7-10-4-5-11(17)8-15-10/h4-5,8-9,12,16-17H,6-7H2,1-3H3,(H,14,18). The molecule has 5 nitrogen and oxygen atoms in total. The topological polar surface area (TPSA) is 74.2 Å². The van der Waals surface area contributed by atoms with Crippen molar-refractivity contribution in [1.29, 1.82) is 0 Å². The molecule has 3 N–H and O–H groups in total. The van der Waals surface area contributed by atoms with Crippen molar-refractivity contribution in [1.82, 2.24) is 15.6 Å². The maximum atomic E-state index is 11.7. The minimum Gasteiger partial charge on any atom is -0.506 e. The molecular formula is C13H21N3O2. The van der Waals surface area contributed by atoms with E-state index in [9.17, 15) is 4.79 Å². The summed E-state index contributed by atoms with van der Waals surface area (Å²) >= 11 is 0. The summed E-state index contributed by atoms with van der Waals surface area (Å²) in [4.78, 5) is 15.8. The Morgan fingerprint density at radius 1 is 1.44 bits per heavy atom. The fourth-order valence-corrected chi connectivity index (χ4v) is 1.68. The Labute approximate surface area is 108 Å². The monoisotopic (exact) mass is 251 g/mol. The van der Waals surface area contributed by atoms with E-state index < -0.39 is 0 Å². The molecule has 1 aromatic rings. The van der Waals surface area contributed by atoms with Crippen LogP contribution in [-0.2, 0) is 11.3 Å². The molecule has 1 rings (SSSR count). The van der Waals surface area contributed by atoms with Crippen molar-refractivity contribution >= 4 is 5.91 Å². The van der Waals surface area contributed by atoms with Crippen LogP contribution in [0.5, 0.6) is 5.75 Å². The number of carbonyl (C=O) groups excluding carboxylic acids is 1. The van der Waals surface area contributed by atoms with Crippen LogP contribution in [0.3, 0.4) is 0 Å². The van der Waals surface area contributed by atoms with Gasteiger partial charge in [-0.2, -0.15) is 0 Å². The van der Waals surface area contributed by atoms with Gasteiger partial charge in [0.05, 0.1) is 17.9 Å². The third-order valence-corrected chi connectivity index (χ3v) is 2.61. The molecule has 0 radical (unpaired) electrons. The largest absolute Gasteiger partial charge is 0.506 e. The number of aromatic hydroxyl groups is 1. The Morgan fingerprint density at radius 2 is 2.17 bits per heavy atom. The Kier molecular flexibility index (Phi) is 5.58. The van der Waals surface area contributed by atoms with Gasteiger partial charge in [0.2, 0.25) is 5.91 Å². The number of likely N-dealkylation sites (N-methyl/N-ethyl adjacent to an activating group) is 1. The number of amides is 1. The Bertz CT molecular complexity index is 376. The van der Waals surface area contributed by atoms with Gasteiger partial charge in [-0.3, -0.25) is 9.78 Å². The highest BCUT2D eigenvalue weighted by atomic mass is 16.3. The number of hydrogen-bond donors (Lipinski definition) is 3. The van der Waals surface area contributed by atoms with E-state index in [2.05, 4.69) is 29.5 Å². The second-order valence-electron chi connectivity index (χ2n) is 4.69. The van der Waals surface area contributed by atoms with E-state index in [4.69, 9.17) is 5.11 Å². The third-order valence-electron chi connectivity index (χ3n) is 2.61. The van der Waals surface area contributed by atoms with Crippen LogP contribution in [0, 0.1) is 5.92 Å². The summed E-state index contributed by atoms with van der Waals surface area (Å²) in [5, 5.41) is 15.0. The van der Waals surface area contributed by atoms with Crippen molar-refractivity contribution in [2.45, 2.75) is 32.9 Å². The predicted octanol–water partition coefficient (Wildman–Crippen LogP) is 1.04. The molecule has 1 aromatic heterocycles. The van der Waals surface area contributed by atoms with Crippen LogP contribution in [-0.4, -0.2) is 29.1 Å². The molecule has 0 bridgehead atoms. The van der Waals surface area contributed by atoms with E-state index >= 15 is 0 Å². The average Bonchev–Trinajstić information content (AvgIpc) is 2.35. The first-order valence-corrected chi connectivity index (χ1v) is 6.11. The highest BCUT2D eigenvalue weighted by molar-refractivity contribution is 5.81. The van der Waals surface area contributed by atoms with E-state index in [0.717, 1.165) is 12.1 Å². The second-order valence-corrected chi connectivity index (χ2v) is 4.69. The molecule has 1 unspecified atom stereocenters. The van der Waals surface area contributed by atoms with Crippen LogP contribution in [0.4, 0.5) is 0 Å². The lowest BCUT2D eigenvalue weighted by Gasteiger charge is -2.18. The zero-order chi connectivity index (χ0) is 13.5. The lowest BCUT2D eigenvalue weighted by Crippen LogP contribution is -2.43. The first-order chi connectivity index (χ1) is 8.52. The van der Waals surface area contributed by atoms with Crippen LogP contribution in [0.1, 0.15) is 26.0 Å². The molecule has 0 spiro atoms. The van der Waals surface area contributed by atoms with Crippen molar-refractivity contribution in [3.05, 3.63) is 24.0 Å². The van der Waals surface area contributed by atoms with E-state index in [0.29, 0.717) is 12.5 Å². The molecule has 18 heavy (non-hydrogen) atoms. The molecule has 0 fully saturated rings. The zero-order valence-electron chi connectivity index (χ0n) is 11.1. The summed E-state index contributed by atoms with van der Waals surface area (Å²) in [6, 6.07) is 3.10. The molecule has 100 valence electrons. The number of nitrogens with zero attached hydrogens (tertiary/aromatic N) is 1. The molecule has 0 saturated heterocycles. The van der Waals surface area contributed by atoms with Crippen LogP contribution < -0.4 is 10.6 Å². The lowest BCUT2D eigenvalue weighted by atomic mass is 10.0. The highest BCUT2D eigenvalue weighted by Crippen LogP contribution is 2.08. The fourth-order valence-electron chi connectivity index (χ4n) is 1.68. The van der Waals surface area contributed by atoms with Gasteiger partial charge in [-0.1, -0.05) is 13.8 Å². The summed E-state index contributed by atoms with van der Waals surface area (Å²) in [5.41, 5.74) is 0.797. The van der Waals surface area contributed by atoms with Crippen molar-refractivity contribution in [3.63, 3.8) is 0 Å². The van der Waals surface area contributed by atoms with Crippen molar-refractivity contribution in [3.8, 4) is 5.75 Å². The highest BCUT2D eigenvalue weighted by Gasteiger charge is 2.17. The molecule has 1 amide bonds. The van der Waals surface area contributed by atoms with Crippen LogP contribution in [0.2, 0.25) is 0 Å². The Balaban J connectivity index is 2.55. The van der Waals surface area contributed by atoms with Gasteiger partial charge < -0.3 is 15.7 Å². The first kappa shape index (κ1) is 14.4. The molecule has 0 aliphatic rings. The smallest absolute Gasteiger partial charge is 0.236 e. The van der Waals surface area contributed by atoms with Gasteiger partial charge in [0, 0.05) is 13.6 Å². The molecule has 0 aromatic carbocycles. The number of hydrogen-bond acceptors (Lipinski definition) is 4. The van der Waals surface area contributed by atoms with Crippen molar-refractivity contribution in [2.75, 3.05) is 7.05 Å². The third kappa shape index (κ3) is 4.71. The summed E-state index contributed by atoms with van der Waals surface area (Å²) in [5.74, 6) is 0.568. The number of carbonyl (C=O) groups is 1. The lowest BCUT2D eigenvalue weighted by molar-refractivity contribution is -0.123. The molecule has 0 saturated carbocycles. The molecule has 0 aliphatic carbocycles. The fraction of sp³-hybridized carbons (Fsp3) is 0.538. The van der Waals surface area contributed by atoms with Gasteiger partial charge in [-0.15, -0.1) is 0 Å².